The first-order chi connectivity index (χ1) is 5.42. The van der Waals surface area contributed by atoms with Crippen LogP contribution in [0, 0.1) is 0 Å². The molecule has 0 saturated heterocycles. The van der Waals surface area contributed by atoms with Crippen molar-refractivity contribution in [3.05, 3.63) is 10.9 Å². The van der Waals surface area contributed by atoms with Gasteiger partial charge in [0.2, 0.25) is 5.06 Å². The maximum Gasteiger partial charge on any atom is 0.217 e. The SMILES string of the molecule is OCc1csc2c1OCCO2. The van der Waals surface area contributed by atoms with E-state index in [2.05, 4.69) is 0 Å². The van der Waals surface area contributed by atoms with E-state index in [9.17, 15) is 0 Å². The Morgan fingerprint density at radius 1 is 1.45 bits per heavy atom. The molecule has 0 aromatic carbocycles. The number of aliphatic hydroxyl groups is 1. The third-order valence-electron chi connectivity index (χ3n) is 1.52. The zero-order valence-corrected chi connectivity index (χ0v) is 6.69. The number of hydrogen-bond acceptors (Lipinski definition) is 4. The van der Waals surface area contributed by atoms with Gasteiger partial charge in [0.25, 0.3) is 0 Å². The second kappa shape index (κ2) is 2.71. The zero-order chi connectivity index (χ0) is 7.68. The summed E-state index contributed by atoms with van der Waals surface area (Å²) in [4.78, 5) is 0. The smallest absolute Gasteiger partial charge is 0.217 e. The summed E-state index contributed by atoms with van der Waals surface area (Å²) in [6.07, 6.45) is 0. The molecule has 0 fully saturated rings. The molecule has 4 heteroatoms. The van der Waals surface area contributed by atoms with Gasteiger partial charge in [0.15, 0.2) is 5.75 Å². The van der Waals surface area contributed by atoms with E-state index in [0.717, 1.165) is 16.4 Å². The van der Waals surface area contributed by atoms with Crippen LogP contribution in [0.5, 0.6) is 10.8 Å². The van der Waals surface area contributed by atoms with Gasteiger partial charge in [-0.15, -0.1) is 11.3 Å². The number of thiophene rings is 1. The molecule has 0 spiro atoms. The molecule has 1 aromatic heterocycles. The van der Waals surface area contributed by atoms with Crippen molar-refractivity contribution in [2.24, 2.45) is 0 Å². The topological polar surface area (TPSA) is 38.7 Å². The monoisotopic (exact) mass is 172 g/mol. The number of ether oxygens (including phenoxy) is 2. The van der Waals surface area contributed by atoms with Gasteiger partial charge in [-0.3, -0.25) is 0 Å². The molecule has 2 heterocycles. The van der Waals surface area contributed by atoms with Gasteiger partial charge in [-0.1, -0.05) is 0 Å². The fourth-order valence-corrected chi connectivity index (χ4v) is 1.88. The molecule has 0 saturated carbocycles. The quantitative estimate of drug-likeness (QED) is 0.687. The van der Waals surface area contributed by atoms with Crippen LogP contribution in [0.4, 0.5) is 0 Å². The third kappa shape index (κ3) is 1.08. The summed E-state index contributed by atoms with van der Waals surface area (Å²) in [5.74, 6) is 0.726. The van der Waals surface area contributed by atoms with Gasteiger partial charge in [-0.25, -0.2) is 0 Å². The van der Waals surface area contributed by atoms with Gasteiger partial charge >= 0.3 is 0 Å². The van der Waals surface area contributed by atoms with Crippen molar-refractivity contribution in [3.63, 3.8) is 0 Å². The number of hydrogen-bond donors (Lipinski definition) is 1. The highest BCUT2D eigenvalue weighted by atomic mass is 32.1. The minimum absolute atomic E-state index is 0.0230. The van der Waals surface area contributed by atoms with E-state index < -0.39 is 0 Å². The fraction of sp³-hybridized carbons (Fsp3) is 0.429. The normalized spacial score (nSPS) is 15.0. The first-order valence-electron chi connectivity index (χ1n) is 3.38. The second-order valence-corrected chi connectivity index (χ2v) is 3.07. The molecule has 1 aliphatic heterocycles. The van der Waals surface area contributed by atoms with Gasteiger partial charge in [0, 0.05) is 10.9 Å². The van der Waals surface area contributed by atoms with Crippen LogP contribution in [0.15, 0.2) is 5.38 Å². The largest absolute Gasteiger partial charge is 0.485 e. The molecule has 1 aromatic rings. The number of rotatable bonds is 1. The van der Waals surface area contributed by atoms with Crippen LogP contribution in [0.1, 0.15) is 5.56 Å². The predicted molar refractivity (Wildman–Crippen MR) is 41.2 cm³/mol. The maximum atomic E-state index is 8.85. The van der Waals surface area contributed by atoms with Crippen molar-refractivity contribution in [1.29, 1.82) is 0 Å². The molecule has 0 atom stereocenters. The average Bonchev–Trinajstić information content (AvgIpc) is 2.47. The Morgan fingerprint density at radius 2 is 2.27 bits per heavy atom. The standard InChI is InChI=1S/C7H8O3S/c8-3-5-4-11-7-6(5)9-1-2-10-7/h4,8H,1-3H2. The van der Waals surface area contributed by atoms with Gasteiger partial charge in [0.05, 0.1) is 6.61 Å². The van der Waals surface area contributed by atoms with E-state index in [1.807, 2.05) is 5.38 Å². The van der Waals surface area contributed by atoms with Crippen molar-refractivity contribution in [2.45, 2.75) is 6.61 Å². The minimum atomic E-state index is 0.0230. The van der Waals surface area contributed by atoms with E-state index in [0.29, 0.717) is 13.2 Å². The van der Waals surface area contributed by atoms with Crippen LogP contribution in [-0.2, 0) is 6.61 Å². The summed E-state index contributed by atoms with van der Waals surface area (Å²) in [6, 6.07) is 0. The highest BCUT2D eigenvalue weighted by molar-refractivity contribution is 7.12. The molecule has 0 bridgehead atoms. The van der Waals surface area contributed by atoms with E-state index in [4.69, 9.17) is 14.6 Å². The Hall–Kier alpha value is -0.740. The van der Waals surface area contributed by atoms with Crippen LogP contribution in [-0.4, -0.2) is 18.3 Å². The lowest BCUT2D eigenvalue weighted by molar-refractivity contribution is 0.172. The van der Waals surface area contributed by atoms with E-state index in [1.54, 1.807) is 0 Å². The first kappa shape index (κ1) is 6.94. The summed E-state index contributed by atoms with van der Waals surface area (Å²) in [5, 5.41) is 11.5. The summed E-state index contributed by atoms with van der Waals surface area (Å²) in [6.45, 7) is 1.21. The van der Waals surface area contributed by atoms with Crippen molar-refractivity contribution in [3.8, 4) is 10.8 Å². The van der Waals surface area contributed by atoms with Crippen LogP contribution in [0.2, 0.25) is 0 Å². The van der Waals surface area contributed by atoms with Crippen molar-refractivity contribution in [1.82, 2.24) is 0 Å². The van der Waals surface area contributed by atoms with Crippen LogP contribution < -0.4 is 9.47 Å². The number of aliphatic hydroxyl groups excluding tert-OH is 1. The highest BCUT2D eigenvalue weighted by Gasteiger charge is 2.17. The molecule has 11 heavy (non-hydrogen) atoms. The van der Waals surface area contributed by atoms with E-state index >= 15 is 0 Å². The summed E-state index contributed by atoms with van der Waals surface area (Å²) >= 11 is 1.47. The van der Waals surface area contributed by atoms with Crippen LogP contribution in [0.25, 0.3) is 0 Å². The average molecular weight is 172 g/mol. The number of fused-ring (bicyclic) bond motifs is 1. The Labute approximate surface area is 68.2 Å². The Balaban J connectivity index is 2.38. The minimum Gasteiger partial charge on any atom is -0.485 e. The van der Waals surface area contributed by atoms with Gasteiger partial charge < -0.3 is 14.6 Å². The Morgan fingerprint density at radius 3 is 3.09 bits per heavy atom. The molecule has 60 valence electrons. The Bertz CT molecular complexity index is 243. The third-order valence-corrected chi connectivity index (χ3v) is 2.44. The van der Waals surface area contributed by atoms with Crippen LogP contribution >= 0.6 is 11.3 Å². The molecule has 0 unspecified atom stereocenters. The van der Waals surface area contributed by atoms with Crippen LogP contribution in [0.3, 0.4) is 0 Å². The fourth-order valence-electron chi connectivity index (χ4n) is 1.00. The predicted octanol–water partition coefficient (Wildman–Crippen LogP) is 1.01. The van der Waals surface area contributed by atoms with E-state index in [-0.39, 0.29) is 6.61 Å². The Kier molecular flexibility index (Phi) is 1.71. The molecule has 0 radical (unpaired) electrons. The summed E-state index contributed by atoms with van der Waals surface area (Å²) < 4.78 is 10.6. The lowest BCUT2D eigenvalue weighted by Crippen LogP contribution is -2.14. The molecule has 1 N–H and O–H groups in total. The van der Waals surface area contributed by atoms with E-state index in [1.165, 1.54) is 11.3 Å². The highest BCUT2D eigenvalue weighted by Crippen LogP contribution is 2.39. The molecule has 3 nitrogen and oxygen atoms in total. The van der Waals surface area contributed by atoms with Crippen molar-refractivity contribution >= 4 is 11.3 Å². The zero-order valence-electron chi connectivity index (χ0n) is 5.87. The van der Waals surface area contributed by atoms with Crippen molar-refractivity contribution < 1.29 is 14.6 Å². The lowest BCUT2D eigenvalue weighted by atomic mass is 10.3. The van der Waals surface area contributed by atoms with Gasteiger partial charge in [-0.2, -0.15) is 0 Å². The lowest BCUT2D eigenvalue weighted by Gasteiger charge is -2.14. The van der Waals surface area contributed by atoms with Gasteiger partial charge in [0.1, 0.15) is 13.2 Å². The molecule has 0 amide bonds. The molecular formula is C7H8O3S. The molecule has 0 aliphatic carbocycles. The van der Waals surface area contributed by atoms with Gasteiger partial charge in [-0.05, 0) is 0 Å². The maximum absolute atomic E-state index is 8.85. The molecule has 2 rings (SSSR count). The second-order valence-electron chi connectivity index (χ2n) is 2.23. The summed E-state index contributed by atoms with van der Waals surface area (Å²) in [5.41, 5.74) is 0.824. The molecule has 1 aliphatic rings. The summed E-state index contributed by atoms with van der Waals surface area (Å²) in [7, 11) is 0. The van der Waals surface area contributed by atoms with Crippen molar-refractivity contribution in [2.75, 3.05) is 13.2 Å². The molecular weight excluding hydrogens is 164 g/mol. The first-order valence-corrected chi connectivity index (χ1v) is 4.26.